The lowest BCUT2D eigenvalue weighted by Crippen LogP contribution is -2.28. The summed E-state index contributed by atoms with van der Waals surface area (Å²) in [7, 11) is 0. The number of rotatable bonds is 8. The van der Waals surface area contributed by atoms with E-state index in [-0.39, 0.29) is 5.75 Å². The molecule has 21 heavy (non-hydrogen) atoms. The molecule has 0 radical (unpaired) electrons. The number of hydrogen-bond acceptors (Lipinski definition) is 5. The molecular weight excluding hydrogens is 288 g/mol. The summed E-state index contributed by atoms with van der Waals surface area (Å²) in [5.41, 5.74) is 0. The van der Waals surface area contributed by atoms with Gasteiger partial charge in [0.15, 0.2) is 5.16 Å². The highest BCUT2D eigenvalue weighted by Crippen LogP contribution is 2.20. The Hall–Kier alpha value is -1.08. The molecule has 2 heterocycles. The summed E-state index contributed by atoms with van der Waals surface area (Å²) >= 11 is 1.25. The van der Waals surface area contributed by atoms with Gasteiger partial charge in [-0.15, -0.1) is 10.2 Å². The van der Waals surface area contributed by atoms with Crippen molar-refractivity contribution in [3.8, 4) is 0 Å². The summed E-state index contributed by atoms with van der Waals surface area (Å²) in [6.45, 7) is 8.64. The number of aromatic nitrogens is 3. The number of carbonyl (C=O) groups is 1. The highest BCUT2D eigenvalue weighted by Gasteiger charge is 2.18. The first-order chi connectivity index (χ1) is 10.1. The van der Waals surface area contributed by atoms with E-state index in [0.29, 0.717) is 5.92 Å². The number of carboxylic acids is 1. The van der Waals surface area contributed by atoms with E-state index < -0.39 is 5.97 Å². The third-order valence-electron chi connectivity index (χ3n) is 3.70. The van der Waals surface area contributed by atoms with Crippen molar-refractivity contribution in [1.29, 1.82) is 0 Å². The van der Waals surface area contributed by atoms with Gasteiger partial charge >= 0.3 is 5.97 Å². The molecule has 0 aliphatic carbocycles. The number of aliphatic carboxylic acids is 1. The summed E-state index contributed by atoms with van der Waals surface area (Å²) in [6.07, 6.45) is 3.43. The van der Waals surface area contributed by atoms with Gasteiger partial charge in [-0.25, -0.2) is 0 Å². The zero-order chi connectivity index (χ0) is 15.2. The summed E-state index contributed by atoms with van der Waals surface area (Å²) in [4.78, 5) is 13.2. The third-order valence-corrected chi connectivity index (χ3v) is 4.65. The third kappa shape index (κ3) is 4.71. The normalized spacial score (nSPS) is 17.2. The van der Waals surface area contributed by atoms with Gasteiger partial charge in [0.25, 0.3) is 0 Å². The minimum atomic E-state index is -0.822. The van der Waals surface area contributed by atoms with Gasteiger partial charge in [0.1, 0.15) is 5.82 Å². The molecular formula is C14H24N4O2S. The number of aryl methyl sites for hydroxylation is 1. The van der Waals surface area contributed by atoms with Crippen LogP contribution >= 0.6 is 11.8 Å². The smallest absolute Gasteiger partial charge is 0.313 e. The minimum Gasteiger partial charge on any atom is -0.481 e. The average Bonchev–Trinajstić information content (AvgIpc) is 3.06. The van der Waals surface area contributed by atoms with Gasteiger partial charge in [-0.3, -0.25) is 4.79 Å². The van der Waals surface area contributed by atoms with Crippen molar-refractivity contribution in [2.24, 2.45) is 5.92 Å². The second kappa shape index (κ2) is 7.79. The largest absolute Gasteiger partial charge is 0.481 e. The van der Waals surface area contributed by atoms with Crippen molar-refractivity contribution in [1.82, 2.24) is 19.7 Å². The van der Waals surface area contributed by atoms with Crippen LogP contribution in [0.5, 0.6) is 0 Å². The predicted molar refractivity (Wildman–Crippen MR) is 82.6 cm³/mol. The van der Waals surface area contributed by atoms with Crippen molar-refractivity contribution < 1.29 is 9.90 Å². The van der Waals surface area contributed by atoms with Crippen LogP contribution in [0.4, 0.5) is 0 Å². The summed E-state index contributed by atoms with van der Waals surface area (Å²) in [5, 5.41) is 17.9. The molecule has 7 heteroatoms. The fourth-order valence-corrected chi connectivity index (χ4v) is 3.46. The molecule has 6 nitrogen and oxygen atoms in total. The van der Waals surface area contributed by atoms with Gasteiger partial charge in [0.2, 0.25) is 0 Å². The lowest BCUT2D eigenvalue weighted by molar-refractivity contribution is -0.133. The Morgan fingerprint density at radius 1 is 1.33 bits per heavy atom. The quantitative estimate of drug-likeness (QED) is 0.737. The van der Waals surface area contributed by atoms with E-state index in [9.17, 15) is 4.79 Å². The Kier molecular flexibility index (Phi) is 6.05. The van der Waals surface area contributed by atoms with Crippen LogP contribution in [0.3, 0.4) is 0 Å². The molecule has 1 saturated heterocycles. The second-order valence-electron chi connectivity index (χ2n) is 5.66. The molecule has 118 valence electrons. The molecule has 1 aliphatic rings. The molecule has 0 bridgehead atoms. The standard InChI is InChI=1S/C14H24N4O2S/c1-3-12-15-16-14(21-10-13(19)20)18(12)9-11(2)8-17-6-4-5-7-17/h11H,3-10H2,1-2H3,(H,19,20). The molecule has 1 aromatic heterocycles. The number of likely N-dealkylation sites (tertiary alicyclic amines) is 1. The topological polar surface area (TPSA) is 71.2 Å². The van der Waals surface area contributed by atoms with Crippen LogP contribution in [0.25, 0.3) is 0 Å². The van der Waals surface area contributed by atoms with Crippen LogP contribution in [0, 0.1) is 5.92 Å². The molecule has 0 aromatic carbocycles. The molecule has 1 aliphatic heterocycles. The number of nitrogens with zero attached hydrogens (tertiary/aromatic N) is 4. The van der Waals surface area contributed by atoms with E-state index in [1.165, 1.54) is 37.7 Å². The summed E-state index contributed by atoms with van der Waals surface area (Å²) < 4.78 is 2.09. The first-order valence-corrected chi connectivity index (χ1v) is 8.57. The van der Waals surface area contributed by atoms with Crippen LogP contribution in [0.15, 0.2) is 5.16 Å². The lowest BCUT2D eigenvalue weighted by atomic mass is 10.1. The molecule has 0 spiro atoms. The van der Waals surface area contributed by atoms with E-state index in [1.807, 2.05) is 0 Å². The van der Waals surface area contributed by atoms with Crippen molar-refractivity contribution in [2.75, 3.05) is 25.4 Å². The van der Waals surface area contributed by atoms with Crippen molar-refractivity contribution in [3.63, 3.8) is 0 Å². The van der Waals surface area contributed by atoms with E-state index in [4.69, 9.17) is 5.11 Å². The monoisotopic (exact) mass is 312 g/mol. The lowest BCUT2D eigenvalue weighted by Gasteiger charge is -2.21. The van der Waals surface area contributed by atoms with Gasteiger partial charge < -0.3 is 14.6 Å². The fraction of sp³-hybridized carbons (Fsp3) is 0.786. The van der Waals surface area contributed by atoms with Gasteiger partial charge in [0, 0.05) is 19.5 Å². The Balaban J connectivity index is 1.98. The van der Waals surface area contributed by atoms with Crippen LogP contribution in [0.2, 0.25) is 0 Å². The second-order valence-corrected chi connectivity index (χ2v) is 6.60. The SMILES string of the molecule is CCc1nnc(SCC(=O)O)n1CC(C)CN1CCCC1. The van der Waals surface area contributed by atoms with Crippen molar-refractivity contribution in [2.45, 2.75) is 44.8 Å². The first-order valence-electron chi connectivity index (χ1n) is 7.59. The predicted octanol–water partition coefficient (Wildman–Crippen LogP) is 1.75. The van der Waals surface area contributed by atoms with E-state index >= 15 is 0 Å². The molecule has 1 atom stereocenters. The van der Waals surface area contributed by atoms with Gasteiger partial charge in [0.05, 0.1) is 5.75 Å². The van der Waals surface area contributed by atoms with Crippen molar-refractivity contribution in [3.05, 3.63) is 5.82 Å². The Morgan fingerprint density at radius 3 is 2.67 bits per heavy atom. The molecule has 1 fully saturated rings. The van der Waals surface area contributed by atoms with Gasteiger partial charge in [-0.1, -0.05) is 25.6 Å². The zero-order valence-corrected chi connectivity index (χ0v) is 13.6. The summed E-state index contributed by atoms with van der Waals surface area (Å²) in [5.74, 6) is 0.657. The number of carboxylic acid groups (broad SMARTS) is 1. The van der Waals surface area contributed by atoms with Crippen LogP contribution in [-0.2, 0) is 17.8 Å². The highest BCUT2D eigenvalue weighted by atomic mass is 32.2. The van der Waals surface area contributed by atoms with Gasteiger partial charge in [-0.05, 0) is 31.8 Å². The van der Waals surface area contributed by atoms with Crippen LogP contribution in [0.1, 0.15) is 32.5 Å². The highest BCUT2D eigenvalue weighted by molar-refractivity contribution is 7.99. The fourth-order valence-electron chi connectivity index (χ4n) is 2.77. The Morgan fingerprint density at radius 2 is 2.05 bits per heavy atom. The molecule has 0 amide bonds. The van der Waals surface area contributed by atoms with E-state index in [0.717, 1.165) is 30.5 Å². The Labute approximate surface area is 129 Å². The Bertz CT molecular complexity index is 472. The molecule has 1 aromatic rings. The first kappa shape index (κ1) is 16.3. The maximum atomic E-state index is 10.7. The number of hydrogen-bond donors (Lipinski definition) is 1. The molecule has 1 unspecified atom stereocenters. The van der Waals surface area contributed by atoms with Crippen LogP contribution < -0.4 is 0 Å². The summed E-state index contributed by atoms with van der Waals surface area (Å²) in [6, 6.07) is 0. The minimum absolute atomic E-state index is 0.0301. The van der Waals surface area contributed by atoms with E-state index in [1.54, 1.807) is 0 Å². The molecule has 0 saturated carbocycles. The maximum Gasteiger partial charge on any atom is 0.313 e. The van der Waals surface area contributed by atoms with Gasteiger partial charge in [-0.2, -0.15) is 0 Å². The van der Waals surface area contributed by atoms with Crippen LogP contribution in [-0.4, -0.2) is 56.1 Å². The maximum absolute atomic E-state index is 10.7. The molecule has 2 rings (SSSR count). The molecule has 1 N–H and O–H groups in total. The number of thioether (sulfide) groups is 1. The van der Waals surface area contributed by atoms with E-state index in [2.05, 4.69) is 33.5 Å². The van der Waals surface area contributed by atoms with Crippen molar-refractivity contribution >= 4 is 17.7 Å². The zero-order valence-electron chi connectivity index (χ0n) is 12.8. The average molecular weight is 312 g/mol.